The minimum Gasteiger partial charge on any atom is -0.465 e. The fraction of sp³-hybridized carbons (Fsp3) is 0.381. The maximum absolute atomic E-state index is 12.8. The van der Waals surface area contributed by atoms with Gasteiger partial charge in [-0.3, -0.25) is 4.79 Å². The van der Waals surface area contributed by atoms with E-state index >= 15 is 0 Å². The lowest BCUT2D eigenvalue weighted by atomic mass is 9.94. The van der Waals surface area contributed by atoms with Gasteiger partial charge in [0.2, 0.25) is 0 Å². The van der Waals surface area contributed by atoms with Gasteiger partial charge in [0.15, 0.2) is 12.6 Å². The first kappa shape index (κ1) is 21.0. The van der Waals surface area contributed by atoms with Gasteiger partial charge in [-0.25, -0.2) is 9.59 Å². The fourth-order valence-electron chi connectivity index (χ4n) is 3.68. The van der Waals surface area contributed by atoms with Crippen LogP contribution in [0, 0.1) is 13.8 Å². The molecule has 2 aromatic rings. The highest BCUT2D eigenvalue weighted by Gasteiger charge is 2.37. The number of carbonyl (C=O) groups excluding carboxylic acids is 3. The Hall–Kier alpha value is -2.71. The van der Waals surface area contributed by atoms with Crippen LogP contribution in [-0.4, -0.2) is 44.7 Å². The molecule has 3 rings (SSSR count). The summed E-state index contributed by atoms with van der Waals surface area (Å²) in [5, 5.41) is 3.32. The molecule has 1 amide bonds. The highest BCUT2D eigenvalue weighted by Crippen LogP contribution is 2.32. The van der Waals surface area contributed by atoms with Crippen LogP contribution in [0.2, 0.25) is 0 Å². The highest BCUT2D eigenvalue weighted by atomic mass is 32.1. The van der Waals surface area contributed by atoms with Crippen LogP contribution in [0.1, 0.15) is 31.9 Å². The minimum absolute atomic E-state index is 0.0880. The molecule has 1 aromatic carbocycles. The van der Waals surface area contributed by atoms with Gasteiger partial charge in [-0.2, -0.15) is 0 Å². The summed E-state index contributed by atoms with van der Waals surface area (Å²) in [6.07, 6.45) is 0.524. The minimum atomic E-state index is -0.478. The average Bonchev–Trinajstić information content (AvgIpc) is 2.99. The number of benzene rings is 1. The molecular weight excluding hydrogens is 392 g/mol. The van der Waals surface area contributed by atoms with Crippen LogP contribution < -0.4 is 10.2 Å². The molecule has 8 heteroatoms. The van der Waals surface area contributed by atoms with E-state index in [9.17, 15) is 14.4 Å². The fourth-order valence-corrected chi connectivity index (χ4v) is 4.74. The topological polar surface area (TPSA) is 86.1 Å². The molecule has 1 aliphatic heterocycles. The van der Waals surface area contributed by atoms with Crippen molar-refractivity contribution in [1.29, 1.82) is 0 Å². The monoisotopic (exact) mass is 417 g/mol. The van der Waals surface area contributed by atoms with E-state index in [1.165, 1.54) is 25.6 Å². The lowest BCUT2D eigenvalue weighted by Crippen LogP contribution is -3.17. The molecule has 2 N–H and O–H groups in total. The molecule has 1 unspecified atom stereocenters. The van der Waals surface area contributed by atoms with Gasteiger partial charge in [0.25, 0.3) is 5.91 Å². The van der Waals surface area contributed by atoms with Gasteiger partial charge in [0, 0.05) is 16.9 Å². The summed E-state index contributed by atoms with van der Waals surface area (Å²) in [6.45, 7) is 4.36. The Morgan fingerprint density at radius 2 is 1.83 bits per heavy atom. The second-order valence-corrected chi connectivity index (χ2v) is 8.31. The number of methoxy groups -OCH3 is 2. The summed E-state index contributed by atoms with van der Waals surface area (Å²) >= 11 is 1.34. The van der Waals surface area contributed by atoms with Crippen LogP contribution in [0.15, 0.2) is 24.3 Å². The second kappa shape index (κ2) is 8.75. The predicted molar refractivity (Wildman–Crippen MR) is 109 cm³/mol. The number of nitrogens with one attached hydrogen (secondary N) is 2. The number of hydrogen-bond acceptors (Lipinski definition) is 6. The summed E-state index contributed by atoms with van der Waals surface area (Å²) in [5.74, 6) is -1.08. The molecule has 0 saturated heterocycles. The van der Waals surface area contributed by atoms with Crippen LogP contribution in [0.3, 0.4) is 0 Å². The van der Waals surface area contributed by atoms with E-state index in [2.05, 4.69) is 5.32 Å². The number of aryl methyl sites for hydroxylation is 1. The van der Waals surface area contributed by atoms with Crippen molar-refractivity contribution in [3.05, 3.63) is 51.4 Å². The van der Waals surface area contributed by atoms with Gasteiger partial charge >= 0.3 is 11.9 Å². The van der Waals surface area contributed by atoms with Crippen molar-refractivity contribution in [2.24, 2.45) is 0 Å². The van der Waals surface area contributed by atoms with E-state index in [-0.39, 0.29) is 18.4 Å². The zero-order chi connectivity index (χ0) is 21.1. The molecule has 0 radical (unpaired) electrons. The van der Waals surface area contributed by atoms with Crippen LogP contribution in [0.25, 0.3) is 0 Å². The number of fused-ring (bicyclic) bond motifs is 1. The highest BCUT2D eigenvalue weighted by molar-refractivity contribution is 7.16. The number of carbonyl (C=O) groups is 3. The number of anilines is 1. The van der Waals surface area contributed by atoms with Crippen molar-refractivity contribution in [3.8, 4) is 0 Å². The average molecular weight is 418 g/mol. The quantitative estimate of drug-likeness (QED) is 0.716. The molecule has 0 spiro atoms. The molecule has 1 aromatic heterocycles. The maximum atomic E-state index is 12.8. The number of thiophene rings is 1. The number of amides is 1. The van der Waals surface area contributed by atoms with Crippen molar-refractivity contribution < 1.29 is 28.8 Å². The number of hydrogen-bond donors (Lipinski definition) is 2. The van der Waals surface area contributed by atoms with Crippen molar-refractivity contribution in [2.45, 2.75) is 32.9 Å². The predicted octanol–water partition coefficient (Wildman–Crippen LogP) is 1.27. The summed E-state index contributed by atoms with van der Waals surface area (Å²) < 4.78 is 9.82. The molecule has 0 fully saturated rings. The molecule has 29 heavy (non-hydrogen) atoms. The lowest BCUT2D eigenvalue weighted by molar-refractivity contribution is -0.924. The third-order valence-electron chi connectivity index (χ3n) is 5.35. The molecule has 2 atom stereocenters. The second-order valence-electron chi connectivity index (χ2n) is 7.09. The Balaban J connectivity index is 1.80. The number of quaternary nitrogens is 1. The molecule has 0 saturated carbocycles. The molecule has 2 heterocycles. The largest absolute Gasteiger partial charge is 0.465 e. The van der Waals surface area contributed by atoms with E-state index in [1.807, 2.05) is 38.1 Å². The van der Waals surface area contributed by atoms with E-state index < -0.39 is 12.0 Å². The first-order valence-corrected chi connectivity index (χ1v) is 10.1. The van der Waals surface area contributed by atoms with E-state index in [4.69, 9.17) is 9.47 Å². The van der Waals surface area contributed by atoms with Gasteiger partial charge in [-0.05, 0) is 25.0 Å². The molecule has 0 bridgehead atoms. The van der Waals surface area contributed by atoms with Gasteiger partial charge in [0.05, 0.1) is 19.8 Å². The van der Waals surface area contributed by atoms with Crippen molar-refractivity contribution in [2.75, 3.05) is 26.1 Å². The van der Waals surface area contributed by atoms with Gasteiger partial charge < -0.3 is 19.7 Å². The third kappa shape index (κ3) is 4.33. The summed E-state index contributed by atoms with van der Waals surface area (Å²) in [5.41, 5.74) is 3.40. The first-order chi connectivity index (χ1) is 13.8. The van der Waals surface area contributed by atoms with Crippen LogP contribution in [0.5, 0.6) is 0 Å². The standard InChI is InChI=1S/C21H24N2O5S/c1-12-13(2)29-19(18(12)21(26)28-4)22-17(24)11-23-10-15-8-6-5-7-14(15)9-16(23)20(25)27-3/h5-8,16H,9-11H2,1-4H3,(H,22,24)/p+1/t16-/m1/s1. The summed E-state index contributed by atoms with van der Waals surface area (Å²) in [4.78, 5) is 39.0. The first-order valence-electron chi connectivity index (χ1n) is 9.33. The molecule has 0 aliphatic carbocycles. The summed E-state index contributed by atoms with van der Waals surface area (Å²) in [6, 6.07) is 7.46. The van der Waals surface area contributed by atoms with Crippen LogP contribution in [-0.2, 0) is 32.0 Å². The van der Waals surface area contributed by atoms with E-state index in [1.54, 1.807) is 0 Å². The molecule has 154 valence electrons. The Morgan fingerprint density at radius 1 is 1.14 bits per heavy atom. The Morgan fingerprint density at radius 3 is 2.48 bits per heavy atom. The van der Waals surface area contributed by atoms with Crippen molar-refractivity contribution in [3.63, 3.8) is 0 Å². The molecule has 1 aliphatic rings. The zero-order valence-electron chi connectivity index (χ0n) is 17.0. The zero-order valence-corrected chi connectivity index (χ0v) is 17.8. The SMILES string of the molecule is COC(=O)c1c(NC(=O)C[NH+]2Cc3ccccc3C[C@@H]2C(=O)OC)sc(C)c1C. The van der Waals surface area contributed by atoms with Crippen molar-refractivity contribution in [1.82, 2.24) is 0 Å². The number of esters is 2. The molecule has 7 nitrogen and oxygen atoms in total. The third-order valence-corrected chi connectivity index (χ3v) is 6.48. The van der Waals surface area contributed by atoms with Crippen LogP contribution >= 0.6 is 11.3 Å². The number of ether oxygens (including phenoxy) is 2. The summed E-state index contributed by atoms with van der Waals surface area (Å²) in [7, 11) is 2.68. The normalized spacial score (nSPS) is 17.9. The Labute approximate surface area is 173 Å². The Bertz CT molecular complexity index is 953. The van der Waals surface area contributed by atoms with Crippen molar-refractivity contribution >= 4 is 34.2 Å². The van der Waals surface area contributed by atoms with Gasteiger partial charge in [-0.15, -0.1) is 11.3 Å². The van der Waals surface area contributed by atoms with Gasteiger partial charge in [-0.1, -0.05) is 24.3 Å². The van der Waals surface area contributed by atoms with Gasteiger partial charge in [0.1, 0.15) is 11.5 Å². The van der Waals surface area contributed by atoms with E-state index in [0.717, 1.165) is 26.5 Å². The number of rotatable bonds is 5. The lowest BCUT2D eigenvalue weighted by Gasteiger charge is -2.31. The molecular formula is C21H25N2O5S+. The maximum Gasteiger partial charge on any atom is 0.365 e. The Kier molecular flexibility index (Phi) is 6.34. The van der Waals surface area contributed by atoms with E-state index in [0.29, 0.717) is 23.5 Å². The van der Waals surface area contributed by atoms with Crippen LogP contribution in [0.4, 0.5) is 5.00 Å². The smallest absolute Gasteiger partial charge is 0.365 e.